The fourth-order valence-electron chi connectivity index (χ4n) is 2.55. The van der Waals surface area contributed by atoms with Crippen LogP contribution >= 0.6 is 11.3 Å². The highest BCUT2D eigenvalue weighted by atomic mass is 32.1. The Hall–Kier alpha value is -1.68. The molecule has 0 spiro atoms. The van der Waals surface area contributed by atoms with Gasteiger partial charge in [-0.3, -0.25) is 4.79 Å². The second-order valence-electron chi connectivity index (χ2n) is 4.57. The van der Waals surface area contributed by atoms with Crippen molar-refractivity contribution in [1.29, 1.82) is 0 Å². The lowest BCUT2D eigenvalue weighted by atomic mass is 9.98. The number of aryl methyl sites for hydroxylation is 2. The normalized spacial score (nSPS) is 18.3. The van der Waals surface area contributed by atoms with Gasteiger partial charge >= 0.3 is 0 Å². The molecule has 0 saturated heterocycles. The smallest absolute Gasteiger partial charge is 0.239 e. The zero-order valence-corrected chi connectivity index (χ0v) is 11.4. The molecule has 4 heteroatoms. The monoisotopic (exact) mass is 258 g/mol. The number of rotatable bonds is 1. The molecule has 0 N–H and O–H groups in total. The highest BCUT2D eigenvalue weighted by Gasteiger charge is 2.37. The van der Waals surface area contributed by atoms with Crippen molar-refractivity contribution in [3.8, 4) is 0 Å². The van der Waals surface area contributed by atoms with Gasteiger partial charge in [-0.2, -0.15) is 0 Å². The van der Waals surface area contributed by atoms with E-state index in [4.69, 9.17) is 0 Å². The van der Waals surface area contributed by atoms with Crippen LogP contribution in [0.3, 0.4) is 0 Å². The first kappa shape index (κ1) is 11.4. The average Bonchev–Trinajstić information content (AvgIpc) is 2.79. The van der Waals surface area contributed by atoms with E-state index in [1.54, 1.807) is 16.2 Å². The summed E-state index contributed by atoms with van der Waals surface area (Å²) in [7, 11) is 1.84. The van der Waals surface area contributed by atoms with Crippen molar-refractivity contribution in [1.82, 2.24) is 4.98 Å². The summed E-state index contributed by atoms with van der Waals surface area (Å²) in [6.07, 6.45) is 0. The Labute approximate surface area is 110 Å². The molecule has 92 valence electrons. The number of likely N-dealkylation sites (N-methyl/N-ethyl adjacent to an activating group) is 1. The number of amides is 1. The van der Waals surface area contributed by atoms with Crippen molar-refractivity contribution in [3.63, 3.8) is 0 Å². The molecule has 1 atom stereocenters. The number of hydrogen-bond acceptors (Lipinski definition) is 3. The van der Waals surface area contributed by atoms with E-state index in [0.717, 1.165) is 26.8 Å². The van der Waals surface area contributed by atoms with Gasteiger partial charge in [0, 0.05) is 17.6 Å². The molecule has 1 unspecified atom stereocenters. The van der Waals surface area contributed by atoms with Gasteiger partial charge in [-0.25, -0.2) is 4.98 Å². The van der Waals surface area contributed by atoms with E-state index in [1.807, 2.05) is 45.2 Å². The highest BCUT2D eigenvalue weighted by Crippen LogP contribution is 2.42. The van der Waals surface area contributed by atoms with E-state index in [0.29, 0.717) is 0 Å². The van der Waals surface area contributed by atoms with Gasteiger partial charge in [0.15, 0.2) is 0 Å². The molecule has 3 nitrogen and oxygen atoms in total. The number of aromatic nitrogens is 1. The first-order valence-corrected chi connectivity index (χ1v) is 6.71. The lowest BCUT2D eigenvalue weighted by molar-refractivity contribution is -0.118. The zero-order chi connectivity index (χ0) is 12.9. The SMILES string of the molecule is Cc1nc(C)c(C2C(=O)N(C)c3ccccc32)s1. The van der Waals surface area contributed by atoms with Crippen molar-refractivity contribution in [2.45, 2.75) is 19.8 Å². The lowest BCUT2D eigenvalue weighted by Gasteiger charge is -2.10. The number of nitrogens with zero attached hydrogens (tertiary/aromatic N) is 2. The van der Waals surface area contributed by atoms with Crippen LogP contribution in [0.4, 0.5) is 5.69 Å². The molecule has 1 aromatic carbocycles. The first-order chi connectivity index (χ1) is 8.59. The topological polar surface area (TPSA) is 33.2 Å². The Bertz CT molecular complexity index is 632. The number of thiazole rings is 1. The minimum atomic E-state index is -0.169. The minimum absolute atomic E-state index is 0.142. The highest BCUT2D eigenvalue weighted by molar-refractivity contribution is 7.12. The maximum atomic E-state index is 12.4. The Morgan fingerprint density at radius 3 is 2.67 bits per heavy atom. The van der Waals surface area contributed by atoms with E-state index in [-0.39, 0.29) is 11.8 Å². The number of carbonyl (C=O) groups excluding carboxylic acids is 1. The van der Waals surface area contributed by atoms with Gasteiger partial charge in [-0.1, -0.05) is 18.2 Å². The Morgan fingerprint density at radius 2 is 2.00 bits per heavy atom. The van der Waals surface area contributed by atoms with Crippen molar-refractivity contribution in [2.24, 2.45) is 0 Å². The summed E-state index contributed by atoms with van der Waals surface area (Å²) in [5, 5.41) is 1.02. The zero-order valence-electron chi connectivity index (χ0n) is 10.6. The summed E-state index contributed by atoms with van der Waals surface area (Å²) in [6.45, 7) is 3.96. The number of benzene rings is 1. The molecule has 3 rings (SSSR count). The van der Waals surface area contributed by atoms with E-state index >= 15 is 0 Å². The fourth-order valence-corrected chi connectivity index (χ4v) is 3.59. The third kappa shape index (κ3) is 1.49. The molecule has 0 aliphatic carbocycles. The van der Waals surface area contributed by atoms with E-state index in [1.165, 1.54) is 0 Å². The number of anilines is 1. The molecule has 1 amide bonds. The molecule has 2 aromatic rings. The molecular weight excluding hydrogens is 244 g/mol. The summed E-state index contributed by atoms with van der Waals surface area (Å²) < 4.78 is 0. The third-order valence-corrected chi connectivity index (χ3v) is 4.53. The fraction of sp³-hybridized carbons (Fsp3) is 0.286. The van der Waals surface area contributed by atoms with Crippen LogP contribution in [-0.2, 0) is 4.79 Å². The van der Waals surface area contributed by atoms with Gasteiger partial charge in [-0.05, 0) is 25.5 Å². The number of fused-ring (bicyclic) bond motifs is 1. The predicted octanol–water partition coefficient (Wildman–Crippen LogP) is 2.87. The van der Waals surface area contributed by atoms with E-state index < -0.39 is 0 Å². The van der Waals surface area contributed by atoms with Crippen molar-refractivity contribution < 1.29 is 4.79 Å². The molecule has 1 aliphatic heterocycles. The van der Waals surface area contributed by atoms with Crippen molar-refractivity contribution in [2.75, 3.05) is 11.9 Å². The van der Waals surface area contributed by atoms with Crippen LogP contribution in [0.5, 0.6) is 0 Å². The Kier molecular flexibility index (Phi) is 2.48. The molecule has 0 fully saturated rings. The van der Waals surface area contributed by atoms with Gasteiger partial charge in [0.25, 0.3) is 0 Å². The molecule has 0 bridgehead atoms. The molecule has 0 radical (unpaired) electrons. The summed E-state index contributed by atoms with van der Waals surface area (Å²) in [4.78, 5) is 19.7. The van der Waals surface area contributed by atoms with Gasteiger partial charge < -0.3 is 4.90 Å². The second kappa shape index (κ2) is 3.92. The number of para-hydroxylation sites is 1. The molecule has 18 heavy (non-hydrogen) atoms. The standard InChI is InChI=1S/C14H14N2OS/c1-8-13(18-9(2)15-8)12-10-6-4-5-7-11(10)16(3)14(12)17/h4-7,12H,1-3H3. The van der Waals surface area contributed by atoms with Gasteiger partial charge in [0.2, 0.25) is 5.91 Å². The minimum Gasteiger partial charge on any atom is -0.314 e. The summed E-state index contributed by atoms with van der Waals surface area (Å²) in [5.41, 5.74) is 3.08. The Morgan fingerprint density at radius 1 is 1.28 bits per heavy atom. The maximum Gasteiger partial charge on any atom is 0.239 e. The average molecular weight is 258 g/mol. The summed E-state index contributed by atoms with van der Waals surface area (Å²) >= 11 is 1.62. The van der Waals surface area contributed by atoms with Gasteiger partial charge in [0.05, 0.1) is 10.7 Å². The van der Waals surface area contributed by atoms with Gasteiger partial charge in [-0.15, -0.1) is 11.3 Å². The molecule has 1 aliphatic rings. The van der Waals surface area contributed by atoms with Crippen LogP contribution in [0.1, 0.15) is 27.1 Å². The van der Waals surface area contributed by atoms with Crippen LogP contribution in [0.2, 0.25) is 0 Å². The summed E-state index contributed by atoms with van der Waals surface area (Å²) in [5.74, 6) is -0.0275. The van der Waals surface area contributed by atoms with Crippen LogP contribution < -0.4 is 4.90 Å². The number of carbonyl (C=O) groups is 1. The molecule has 1 aromatic heterocycles. The van der Waals surface area contributed by atoms with Crippen LogP contribution in [0.15, 0.2) is 24.3 Å². The van der Waals surface area contributed by atoms with Crippen molar-refractivity contribution in [3.05, 3.63) is 45.4 Å². The van der Waals surface area contributed by atoms with E-state index in [2.05, 4.69) is 4.98 Å². The van der Waals surface area contributed by atoms with Crippen LogP contribution in [-0.4, -0.2) is 17.9 Å². The molecular formula is C14H14N2OS. The second-order valence-corrected chi connectivity index (χ2v) is 5.81. The molecule has 0 saturated carbocycles. The predicted molar refractivity (Wildman–Crippen MR) is 73.3 cm³/mol. The number of hydrogen-bond donors (Lipinski definition) is 0. The van der Waals surface area contributed by atoms with Crippen LogP contribution in [0, 0.1) is 13.8 Å². The molecule has 2 heterocycles. The van der Waals surface area contributed by atoms with Crippen molar-refractivity contribution >= 4 is 22.9 Å². The lowest BCUT2D eigenvalue weighted by Crippen LogP contribution is -2.24. The maximum absolute atomic E-state index is 12.4. The first-order valence-electron chi connectivity index (χ1n) is 5.90. The van der Waals surface area contributed by atoms with E-state index in [9.17, 15) is 4.79 Å². The quantitative estimate of drug-likeness (QED) is 0.788. The largest absolute Gasteiger partial charge is 0.314 e. The third-order valence-electron chi connectivity index (χ3n) is 3.39. The van der Waals surface area contributed by atoms with Crippen LogP contribution in [0.25, 0.3) is 0 Å². The summed E-state index contributed by atoms with van der Waals surface area (Å²) in [6, 6.07) is 7.99. The Balaban J connectivity index is 2.19. The van der Waals surface area contributed by atoms with Gasteiger partial charge in [0.1, 0.15) is 5.92 Å².